The number of halogens is 1. The fraction of sp³-hybridized carbons (Fsp3) is 0.231. The lowest BCUT2D eigenvalue weighted by Crippen LogP contribution is -2.21. The Morgan fingerprint density at radius 3 is 2.36 bits per heavy atom. The highest BCUT2D eigenvalue weighted by Gasteiger charge is 2.25. The minimum atomic E-state index is -3.34. The SMILES string of the molecule is CCN(CC)c1ccc(-c2ccc3c4c([nH]c3c2F)-c2ccc(NS(C)(=O)=O)cc2C4)cc1. The van der Waals surface area contributed by atoms with Crippen LogP contribution in [0, 0.1) is 5.82 Å². The van der Waals surface area contributed by atoms with Crippen molar-refractivity contribution in [2.75, 3.05) is 29.0 Å². The van der Waals surface area contributed by atoms with Crippen molar-refractivity contribution >= 4 is 32.3 Å². The van der Waals surface area contributed by atoms with Gasteiger partial charge in [0.25, 0.3) is 0 Å². The predicted molar refractivity (Wildman–Crippen MR) is 134 cm³/mol. The van der Waals surface area contributed by atoms with Crippen LogP contribution in [0.25, 0.3) is 33.3 Å². The van der Waals surface area contributed by atoms with Crippen LogP contribution in [0.1, 0.15) is 25.0 Å². The minimum Gasteiger partial charge on any atom is -0.372 e. The summed E-state index contributed by atoms with van der Waals surface area (Å²) < 4.78 is 41.2. The zero-order valence-corrected chi connectivity index (χ0v) is 19.7. The van der Waals surface area contributed by atoms with Gasteiger partial charge in [0, 0.05) is 47.4 Å². The molecule has 5 nitrogen and oxygen atoms in total. The van der Waals surface area contributed by atoms with E-state index in [4.69, 9.17) is 0 Å². The van der Waals surface area contributed by atoms with Gasteiger partial charge in [0.15, 0.2) is 5.82 Å². The van der Waals surface area contributed by atoms with Crippen molar-refractivity contribution in [2.24, 2.45) is 0 Å². The predicted octanol–water partition coefficient (Wildman–Crippen LogP) is 5.76. The molecule has 0 aliphatic heterocycles. The van der Waals surface area contributed by atoms with Gasteiger partial charge in [-0.1, -0.05) is 30.3 Å². The molecule has 3 aromatic carbocycles. The Hall–Kier alpha value is -3.32. The number of anilines is 2. The largest absolute Gasteiger partial charge is 0.372 e. The van der Waals surface area contributed by atoms with Gasteiger partial charge in [-0.15, -0.1) is 0 Å². The maximum atomic E-state index is 15.6. The van der Waals surface area contributed by atoms with Gasteiger partial charge in [-0.05, 0) is 54.8 Å². The van der Waals surface area contributed by atoms with Crippen LogP contribution in [0.2, 0.25) is 0 Å². The van der Waals surface area contributed by atoms with Gasteiger partial charge in [-0.3, -0.25) is 4.72 Å². The number of rotatable bonds is 6. The number of sulfonamides is 1. The highest BCUT2D eigenvalue weighted by molar-refractivity contribution is 7.92. The summed E-state index contributed by atoms with van der Waals surface area (Å²) in [7, 11) is -3.34. The number of hydrogen-bond donors (Lipinski definition) is 2. The van der Waals surface area contributed by atoms with Crippen LogP contribution in [-0.4, -0.2) is 32.7 Å². The summed E-state index contributed by atoms with van der Waals surface area (Å²) in [5.41, 5.74) is 7.52. The molecule has 33 heavy (non-hydrogen) atoms. The van der Waals surface area contributed by atoms with E-state index in [1.54, 1.807) is 6.07 Å². The van der Waals surface area contributed by atoms with E-state index < -0.39 is 10.0 Å². The van der Waals surface area contributed by atoms with Gasteiger partial charge in [-0.2, -0.15) is 0 Å². The number of aromatic nitrogens is 1. The maximum absolute atomic E-state index is 15.6. The Morgan fingerprint density at radius 2 is 1.70 bits per heavy atom. The fourth-order valence-corrected chi connectivity index (χ4v) is 5.37. The summed E-state index contributed by atoms with van der Waals surface area (Å²) in [5.74, 6) is -0.255. The first-order valence-electron chi connectivity index (χ1n) is 11.1. The molecule has 0 spiro atoms. The van der Waals surface area contributed by atoms with Crippen molar-refractivity contribution in [2.45, 2.75) is 20.3 Å². The molecule has 0 unspecified atom stereocenters. The zero-order valence-electron chi connectivity index (χ0n) is 18.9. The molecule has 0 atom stereocenters. The molecule has 7 heteroatoms. The van der Waals surface area contributed by atoms with E-state index in [-0.39, 0.29) is 5.82 Å². The van der Waals surface area contributed by atoms with Crippen LogP contribution in [0.4, 0.5) is 15.8 Å². The molecule has 1 heterocycles. The summed E-state index contributed by atoms with van der Waals surface area (Å²) in [6.45, 7) is 6.10. The van der Waals surface area contributed by atoms with Gasteiger partial charge < -0.3 is 9.88 Å². The van der Waals surface area contributed by atoms with Crippen molar-refractivity contribution in [3.8, 4) is 22.4 Å². The lowest BCUT2D eigenvalue weighted by molar-refractivity contribution is 0.607. The van der Waals surface area contributed by atoms with E-state index in [1.807, 2.05) is 48.5 Å². The smallest absolute Gasteiger partial charge is 0.229 e. The third-order valence-corrected chi connectivity index (χ3v) is 6.98. The molecular weight excluding hydrogens is 437 g/mol. The van der Waals surface area contributed by atoms with Crippen molar-refractivity contribution < 1.29 is 12.8 Å². The molecule has 0 saturated carbocycles. The first kappa shape index (κ1) is 21.5. The quantitative estimate of drug-likeness (QED) is 0.336. The minimum absolute atomic E-state index is 0.255. The van der Waals surface area contributed by atoms with Crippen molar-refractivity contribution in [1.29, 1.82) is 0 Å². The second-order valence-electron chi connectivity index (χ2n) is 8.47. The molecule has 0 fully saturated rings. The Balaban J connectivity index is 1.52. The van der Waals surface area contributed by atoms with E-state index >= 15 is 4.39 Å². The van der Waals surface area contributed by atoms with Crippen LogP contribution in [0.15, 0.2) is 54.6 Å². The Labute approximate surface area is 193 Å². The fourth-order valence-electron chi connectivity index (χ4n) is 4.81. The van der Waals surface area contributed by atoms with Gasteiger partial charge >= 0.3 is 0 Å². The van der Waals surface area contributed by atoms with Gasteiger partial charge in [0.05, 0.1) is 17.5 Å². The average molecular weight is 464 g/mol. The summed E-state index contributed by atoms with van der Waals surface area (Å²) in [4.78, 5) is 5.56. The first-order chi connectivity index (χ1) is 15.8. The summed E-state index contributed by atoms with van der Waals surface area (Å²) >= 11 is 0. The second-order valence-corrected chi connectivity index (χ2v) is 10.2. The molecule has 0 bridgehead atoms. The lowest BCUT2D eigenvalue weighted by Gasteiger charge is -2.21. The van der Waals surface area contributed by atoms with E-state index in [0.717, 1.165) is 58.4 Å². The van der Waals surface area contributed by atoms with Crippen molar-refractivity contribution in [3.05, 3.63) is 71.5 Å². The number of fused-ring (bicyclic) bond motifs is 5. The molecule has 0 radical (unpaired) electrons. The number of nitrogens with one attached hydrogen (secondary N) is 2. The van der Waals surface area contributed by atoms with Crippen molar-refractivity contribution in [3.63, 3.8) is 0 Å². The normalized spacial score (nSPS) is 12.6. The molecule has 170 valence electrons. The third-order valence-electron chi connectivity index (χ3n) is 6.37. The highest BCUT2D eigenvalue weighted by atomic mass is 32.2. The van der Waals surface area contributed by atoms with Gasteiger partial charge in [0.1, 0.15) is 0 Å². The number of nitrogens with zero attached hydrogens (tertiary/aromatic N) is 1. The molecule has 0 amide bonds. The molecule has 1 aliphatic rings. The van der Waals surface area contributed by atoms with Crippen LogP contribution < -0.4 is 9.62 Å². The van der Waals surface area contributed by atoms with E-state index in [1.165, 1.54) is 0 Å². The molecule has 1 aliphatic carbocycles. The molecule has 2 N–H and O–H groups in total. The Kier molecular flexibility index (Phi) is 5.16. The summed E-state index contributed by atoms with van der Waals surface area (Å²) in [5, 5.41) is 0.861. The van der Waals surface area contributed by atoms with Gasteiger partial charge in [-0.25, -0.2) is 12.8 Å². The lowest BCUT2D eigenvalue weighted by atomic mass is 10.0. The molecule has 5 rings (SSSR count). The number of hydrogen-bond acceptors (Lipinski definition) is 3. The van der Waals surface area contributed by atoms with E-state index in [2.05, 4.69) is 28.5 Å². The topological polar surface area (TPSA) is 65.2 Å². The number of benzene rings is 3. The second kappa shape index (κ2) is 7.92. The summed E-state index contributed by atoms with van der Waals surface area (Å²) in [6.07, 6.45) is 1.76. The average Bonchev–Trinajstić information content (AvgIpc) is 3.31. The number of H-pyrrole nitrogens is 1. The van der Waals surface area contributed by atoms with Crippen molar-refractivity contribution in [1.82, 2.24) is 4.98 Å². The van der Waals surface area contributed by atoms with E-state index in [9.17, 15) is 8.42 Å². The van der Waals surface area contributed by atoms with Crippen LogP contribution in [0.3, 0.4) is 0 Å². The number of aromatic amines is 1. The monoisotopic (exact) mass is 463 g/mol. The Bertz CT molecular complexity index is 1470. The first-order valence-corrected chi connectivity index (χ1v) is 13.0. The molecule has 1 aromatic heterocycles. The molecule has 4 aromatic rings. The zero-order chi connectivity index (χ0) is 23.3. The van der Waals surface area contributed by atoms with Crippen LogP contribution >= 0.6 is 0 Å². The van der Waals surface area contributed by atoms with Crippen LogP contribution in [0.5, 0.6) is 0 Å². The summed E-state index contributed by atoms with van der Waals surface area (Å²) in [6, 6.07) is 17.3. The maximum Gasteiger partial charge on any atom is 0.229 e. The standard InChI is InChI=1S/C26H26FN3O2S/c1-4-30(5-2)19-9-6-16(7-10-19)20-12-13-22-23-15-17-14-18(29-33(3,31)32)8-11-21(17)25(23)28-26(22)24(20)27/h6-14,28-29H,4-5,15H2,1-3H3. The Morgan fingerprint density at radius 1 is 1.00 bits per heavy atom. The van der Waals surface area contributed by atoms with Gasteiger partial charge in [0.2, 0.25) is 10.0 Å². The third kappa shape index (κ3) is 3.76. The van der Waals surface area contributed by atoms with E-state index in [0.29, 0.717) is 23.2 Å². The molecule has 0 saturated heterocycles. The van der Waals surface area contributed by atoms with Crippen LogP contribution in [-0.2, 0) is 16.4 Å². The highest BCUT2D eigenvalue weighted by Crippen LogP contribution is 2.43. The molecular formula is C26H26FN3O2S.